The average Bonchev–Trinajstić information content (AvgIpc) is 2.20. The summed E-state index contributed by atoms with van der Waals surface area (Å²) in [6.07, 6.45) is 0. The summed E-state index contributed by atoms with van der Waals surface area (Å²) in [5, 5.41) is 0. The summed E-state index contributed by atoms with van der Waals surface area (Å²) in [6.45, 7) is 20.0. The molecule has 4 unspecified atom stereocenters. The molecule has 1 aliphatic heterocycles. The molecule has 1 saturated heterocycles. The van der Waals surface area contributed by atoms with Crippen LogP contribution in [0.2, 0.25) is 0 Å². The van der Waals surface area contributed by atoms with Crippen LogP contribution in [0.15, 0.2) is 0 Å². The lowest BCUT2D eigenvalue weighted by atomic mass is 9.81. The van der Waals surface area contributed by atoms with Crippen molar-refractivity contribution in [1.82, 2.24) is 0 Å². The first-order valence-electron chi connectivity index (χ1n) is 6.60. The van der Waals surface area contributed by atoms with Gasteiger partial charge in [0.15, 0.2) is 0 Å². The molecule has 15 heavy (non-hydrogen) atoms. The molecule has 0 aromatic heterocycles. The Morgan fingerprint density at radius 1 is 0.733 bits per heavy atom. The van der Waals surface area contributed by atoms with Gasteiger partial charge in [-0.3, -0.25) is 0 Å². The molecule has 0 N–H and O–H groups in total. The fraction of sp³-hybridized carbons (Fsp3) is 1.00. The molecule has 1 aliphatic rings. The molecule has 0 amide bonds. The average molecular weight is 229 g/mol. The fourth-order valence-corrected chi connectivity index (χ4v) is 8.87. The molecule has 0 bridgehead atoms. The zero-order valence-corrected chi connectivity index (χ0v) is 12.8. The summed E-state index contributed by atoms with van der Waals surface area (Å²) in [5.41, 5.74) is 2.82. The molecule has 0 aromatic carbocycles. The summed E-state index contributed by atoms with van der Waals surface area (Å²) in [4.78, 5) is 0. The first-order valence-corrected chi connectivity index (χ1v) is 9.04. The third-order valence-corrected chi connectivity index (χ3v) is 12.7. The van der Waals surface area contributed by atoms with Gasteiger partial charge in [0.1, 0.15) is 0 Å². The van der Waals surface area contributed by atoms with Crippen LogP contribution >= 0.6 is 7.26 Å². The van der Waals surface area contributed by atoms with Crippen LogP contribution in [0.3, 0.4) is 0 Å². The highest BCUT2D eigenvalue weighted by Gasteiger charge is 2.56. The molecule has 1 rings (SSSR count). The Kier molecular flexibility index (Phi) is 3.92. The number of hydrogen-bond acceptors (Lipinski definition) is 0. The largest absolute Gasteiger partial charge is 0.0700 e. The van der Waals surface area contributed by atoms with Crippen LogP contribution < -0.4 is 0 Å². The van der Waals surface area contributed by atoms with Gasteiger partial charge in [0.2, 0.25) is 0 Å². The van der Waals surface area contributed by atoms with Gasteiger partial charge in [-0.1, -0.05) is 20.8 Å². The van der Waals surface area contributed by atoms with E-state index in [1.807, 2.05) is 0 Å². The van der Waals surface area contributed by atoms with E-state index in [9.17, 15) is 0 Å². The first kappa shape index (κ1) is 13.5. The van der Waals surface area contributed by atoms with E-state index in [0.717, 1.165) is 34.7 Å². The van der Waals surface area contributed by atoms with E-state index >= 15 is 0 Å². The third-order valence-electron chi connectivity index (χ3n) is 6.05. The standard InChI is InChI=1S/C14H30P/c1-9(2)15(8)13(6)11(4)10(3)12(5)14(15)7/h9-14H,1-8H3/q+1. The predicted octanol–water partition coefficient (Wildman–Crippen LogP) is 4.74. The van der Waals surface area contributed by atoms with E-state index < -0.39 is 7.26 Å². The lowest BCUT2D eigenvalue weighted by molar-refractivity contribution is 0.249. The smallest absolute Gasteiger partial charge is 0.0617 e. The van der Waals surface area contributed by atoms with Gasteiger partial charge in [-0.05, 0) is 45.4 Å². The molecule has 1 heterocycles. The molecule has 90 valence electrons. The Morgan fingerprint density at radius 3 is 1.33 bits per heavy atom. The van der Waals surface area contributed by atoms with Crippen LogP contribution in [-0.2, 0) is 0 Å². The van der Waals surface area contributed by atoms with Crippen LogP contribution in [0.1, 0.15) is 48.5 Å². The highest BCUT2D eigenvalue weighted by Crippen LogP contribution is 2.74. The zero-order chi connectivity index (χ0) is 12.0. The SMILES string of the molecule is CC1C(C)C(C)[P+](C)(C(C)C)C(C)C1C. The van der Waals surface area contributed by atoms with Gasteiger partial charge in [0.05, 0.1) is 17.0 Å². The van der Waals surface area contributed by atoms with Gasteiger partial charge < -0.3 is 0 Å². The maximum absolute atomic E-state index is 2.63. The molecule has 1 fully saturated rings. The van der Waals surface area contributed by atoms with Crippen LogP contribution in [-0.4, -0.2) is 23.6 Å². The molecule has 0 aromatic rings. The van der Waals surface area contributed by atoms with E-state index in [-0.39, 0.29) is 0 Å². The van der Waals surface area contributed by atoms with Crippen molar-refractivity contribution in [3.05, 3.63) is 0 Å². The highest BCUT2D eigenvalue weighted by atomic mass is 31.2. The molecule has 0 radical (unpaired) electrons. The van der Waals surface area contributed by atoms with Crippen molar-refractivity contribution in [2.75, 3.05) is 6.66 Å². The second-order valence-corrected chi connectivity index (χ2v) is 11.5. The monoisotopic (exact) mass is 229 g/mol. The lowest BCUT2D eigenvalue weighted by Gasteiger charge is -2.50. The van der Waals surface area contributed by atoms with Crippen molar-refractivity contribution >= 4 is 7.26 Å². The van der Waals surface area contributed by atoms with Crippen molar-refractivity contribution in [3.63, 3.8) is 0 Å². The maximum Gasteiger partial charge on any atom is 0.0700 e. The van der Waals surface area contributed by atoms with Crippen LogP contribution in [0.25, 0.3) is 0 Å². The first-order chi connectivity index (χ1) is 6.74. The van der Waals surface area contributed by atoms with Gasteiger partial charge in [-0.15, -0.1) is 0 Å². The third kappa shape index (κ3) is 1.88. The summed E-state index contributed by atoms with van der Waals surface area (Å²) < 4.78 is 0. The number of rotatable bonds is 1. The molecule has 0 nitrogen and oxygen atoms in total. The molecule has 4 atom stereocenters. The van der Waals surface area contributed by atoms with Crippen molar-refractivity contribution in [1.29, 1.82) is 0 Å². The molecule has 0 saturated carbocycles. The van der Waals surface area contributed by atoms with Crippen molar-refractivity contribution < 1.29 is 0 Å². The maximum atomic E-state index is 2.63. The van der Waals surface area contributed by atoms with Gasteiger partial charge >= 0.3 is 0 Å². The van der Waals surface area contributed by atoms with E-state index in [2.05, 4.69) is 55.1 Å². The Morgan fingerprint density at radius 2 is 1.07 bits per heavy atom. The Bertz CT molecular complexity index is 205. The van der Waals surface area contributed by atoms with Crippen LogP contribution in [0.5, 0.6) is 0 Å². The van der Waals surface area contributed by atoms with E-state index in [1.165, 1.54) is 0 Å². The van der Waals surface area contributed by atoms with Crippen LogP contribution in [0.4, 0.5) is 0 Å². The normalized spacial score (nSPS) is 52.2. The Hall–Kier alpha value is 0.430. The van der Waals surface area contributed by atoms with Crippen molar-refractivity contribution in [2.45, 2.75) is 65.4 Å². The number of hydrogen-bond donors (Lipinski definition) is 0. The summed E-state index contributed by atoms with van der Waals surface area (Å²) in [7, 11) is -0.767. The molecule has 1 heteroatoms. The quantitative estimate of drug-likeness (QED) is 0.570. The minimum Gasteiger partial charge on any atom is -0.0617 e. The summed E-state index contributed by atoms with van der Waals surface area (Å²) >= 11 is 0. The van der Waals surface area contributed by atoms with E-state index in [4.69, 9.17) is 0 Å². The van der Waals surface area contributed by atoms with E-state index in [1.54, 1.807) is 0 Å². The fourth-order valence-electron chi connectivity index (χ4n) is 3.68. The van der Waals surface area contributed by atoms with Gasteiger partial charge in [0, 0.05) is 13.9 Å². The molecular formula is C14H30P+. The second-order valence-electron chi connectivity index (χ2n) is 6.37. The Labute approximate surface area is 97.6 Å². The minimum absolute atomic E-state index is 0.767. The minimum atomic E-state index is -0.767. The highest BCUT2D eigenvalue weighted by molar-refractivity contribution is 7.77. The van der Waals surface area contributed by atoms with Gasteiger partial charge in [-0.2, -0.15) is 0 Å². The molecular weight excluding hydrogens is 199 g/mol. The van der Waals surface area contributed by atoms with E-state index in [0.29, 0.717) is 0 Å². The predicted molar refractivity (Wildman–Crippen MR) is 74.4 cm³/mol. The van der Waals surface area contributed by atoms with Crippen molar-refractivity contribution in [2.24, 2.45) is 17.8 Å². The Balaban J connectivity index is 3.07. The topological polar surface area (TPSA) is 0 Å². The summed E-state index contributed by atoms with van der Waals surface area (Å²) in [6, 6.07) is 0. The lowest BCUT2D eigenvalue weighted by Crippen LogP contribution is -2.44. The van der Waals surface area contributed by atoms with Gasteiger partial charge in [0.25, 0.3) is 0 Å². The molecule has 0 spiro atoms. The second kappa shape index (κ2) is 4.36. The molecule has 0 aliphatic carbocycles. The van der Waals surface area contributed by atoms with Crippen LogP contribution in [0, 0.1) is 17.8 Å². The van der Waals surface area contributed by atoms with Crippen molar-refractivity contribution in [3.8, 4) is 0 Å². The zero-order valence-electron chi connectivity index (χ0n) is 11.9. The summed E-state index contributed by atoms with van der Waals surface area (Å²) in [5.74, 6) is 2.73. The van der Waals surface area contributed by atoms with Gasteiger partial charge in [-0.25, -0.2) is 0 Å².